The van der Waals surface area contributed by atoms with E-state index in [4.69, 9.17) is 9.26 Å². The van der Waals surface area contributed by atoms with Crippen molar-refractivity contribution in [1.82, 2.24) is 15.0 Å². The summed E-state index contributed by atoms with van der Waals surface area (Å²) in [6.45, 7) is 4.92. The molecule has 0 bridgehead atoms. The van der Waals surface area contributed by atoms with Crippen LogP contribution in [0.25, 0.3) is 0 Å². The lowest BCUT2D eigenvalue weighted by atomic mass is 10.1. The molecule has 1 atom stereocenters. The lowest BCUT2D eigenvalue weighted by molar-refractivity contribution is -0.0277. The minimum Gasteiger partial charge on any atom is -0.366 e. The zero-order valence-corrected chi connectivity index (χ0v) is 13.0. The van der Waals surface area contributed by atoms with Crippen LogP contribution in [-0.4, -0.2) is 40.6 Å². The Hall–Kier alpha value is -2.28. The smallest absolute Gasteiger partial charge is 0.257 e. The van der Waals surface area contributed by atoms with Gasteiger partial charge in [0.2, 0.25) is 11.7 Å². The molecule has 3 rings (SSSR count). The highest BCUT2D eigenvalue weighted by Gasteiger charge is 2.30. The zero-order chi connectivity index (χ0) is 16.4. The number of hydrogen-bond acceptors (Lipinski definition) is 5. The average molecular weight is 319 g/mol. The number of aromatic nitrogens is 2. The second-order valence-electron chi connectivity index (χ2n) is 5.74. The van der Waals surface area contributed by atoms with Gasteiger partial charge in [-0.05, 0) is 12.1 Å². The number of nitrogens with zero attached hydrogens (tertiary/aromatic N) is 3. The summed E-state index contributed by atoms with van der Waals surface area (Å²) >= 11 is 0. The van der Waals surface area contributed by atoms with E-state index in [1.807, 2.05) is 13.8 Å². The quantitative estimate of drug-likeness (QED) is 0.869. The molecule has 2 aromatic rings. The van der Waals surface area contributed by atoms with Crippen LogP contribution in [0.4, 0.5) is 4.39 Å². The Bertz CT molecular complexity index is 701. The maximum Gasteiger partial charge on any atom is 0.257 e. The van der Waals surface area contributed by atoms with Crippen LogP contribution in [0.15, 0.2) is 28.8 Å². The fourth-order valence-electron chi connectivity index (χ4n) is 2.41. The molecule has 1 aliphatic rings. The first kappa shape index (κ1) is 15.6. The molecule has 0 spiro atoms. The first-order valence-corrected chi connectivity index (χ1v) is 7.55. The predicted octanol–water partition coefficient (Wildman–Crippen LogP) is 2.55. The van der Waals surface area contributed by atoms with Gasteiger partial charge in [0.25, 0.3) is 5.91 Å². The van der Waals surface area contributed by atoms with Crippen molar-refractivity contribution in [3.8, 4) is 0 Å². The van der Waals surface area contributed by atoms with Crippen LogP contribution >= 0.6 is 0 Å². The van der Waals surface area contributed by atoms with Gasteiger partial charge >= 0.3 is 0 Å². The molecule has 122 valence electrons. The number of ether oxygens (including phenoxy) is 1. The Morgan fingerprint density at radius 2 is 2.17 bits per heavy atom. The average Bonchev–Trinajstić information content (AvgIpc) is 3.05. The molecular weight excluding hydrogens is 301 g/mol. The number of carbonyl (C=O) groups is 1. The van der Waals surface area contributed by atoms with E-state index in [9.17, 15) is 9.18 Å². The first-order chi connectivity index (χ1) is 11.1. The van der Waals surface area contributed by atoms with Crippen molar-refractivity contribution in [1.29, 1.82) is 0 Å². The van der Waals surface area contributed by atoms with Gasteiger partial charge in [0.05, 0.1) is 18.7 Å². The monoisotopic (exact) mass is 319 g/mol. The van der Waals surface area contributed by atoms with Crippen molar-refractivity contribution in [3.05, 3.63) is 47.4 Å². The van der Waals surface area contributed by atoms with Crippen LogP contribution in [-0.2, 0) is 4.74 Å². The Labute approximate surface area is 133 Å². The summed E-state index contributed by atoms with van der Waals surface area (Å²) in [6.07, 6.45) is -0.462. The molecule has 0 unspecified atom stereocenters. The number of rotatable bonds is 3. The number of amides is 1. The minimum atomic E-state index is -0.526. The largest absolute Gasteiger partial charge is 0.366 e. The summed E-state index contributed by atoms with van der Waals surface area (Å²) in [6, 6.07) is 5.95. The SMILES string of the molecule is CC(C)c1nc([C@H]2CN(C(=O)c3ccccc3F)CCO2)no1. The minimum absolute atomic E-state index is 0.0594. The highest BCUT2D eigenvalue weighted by atomic mass is 19.1. The highest BCUT2D eigenvalue weighted by Crippen LogP contribution is 2.23. The molecule has 1 amide bonds. The van der Waals surface area contributed by atoms with Gasteiger partial charge in [-0.1, -0.05) is 31.1 Å². The van der Waals surface area contributed by atoms with Crippen molar-refractivity contribution < 1.29 is 18.4 Å². The van der Waals surface area contributed by atoms with Crippen molar-refractivity contribution >= 4 is 5.91 Å². The summed E-state index contributed by atoms with van der Waals surface area (Å²) in [4.78, 5) is 18.3. The zero-order valence-electron chi connectivity index (χ0n) is 13.0. The third kappa shape index (κ3) is 3.24. The van der Waals surface area contributed by atoms with E-state index >= 15 is 0 Å². The summed E-state index contributed by atoms with van der Waals surface area (Å²) in [5.41, 5.74) is 0.0594. The van der Waals surface area contributed by atoms with Gasteiger partial charge in [0.1, 0.15) is 11.9 Å². The standard InChI is InChI=1S/C16H18FN3O3/c1-10(2)15-18-14(19-23-15)13-9-20(7-8-22-13)16(21)11-5-3-4-6-12(11)17/h3-6,10,13H,7-9H2,1-2H3/t13-/m1/s1. The third-order valence-electron chi connectivity index (χ3n) is 3.70. The van der Waals surface area contributed by atoms with Crippen LogP contribution in [0.5, 0.6) is 0 Å². The van der Waals surface area contributed by atoms with Gasteiger partial charge in [-0.3, -0.25) is 4.79 Å². The highest BCUT2D eigenvalue weighted by molar-refractivity contribution is 5.94. The van der Waals surface area contributed by atoms with Crippen LogP contribution in [0.2, 0.25) is 0 Å². The van der Waals surface area contributed by atoms with E-state index in [0.29, 0.717) is 24.9 Å². The van der Waals surface area contributed by atoms with Crippen molar-refractivity contribution in [2.24, 2.45) is 0 Å². The molecule has 1 saturated heterocycles. The van der Waals surface area contributed by atoms with Crippen molar-refractivity contribution in [3.63, 3.8) is 0 Å². The summed E-state index contributed by atoms with van der Waals surface area (Å²) in [5, 5.41) is 3.92. The maximum absolute atomic E-state index is 13.8. The Balaban J connectivity index is 1.75. The van der Waals surface area contributed by atoms with Gasteiger partial charge in [0.15, 0.2) is 0 Å². The second kappa shape index (κ2) is 6.45. The van der Waals surface area contributed by atoms with Gasteiger partial charge in [-0.15, -0.1) is 0 Å². The van der Waals surface area contributed by atoms with E-state index < -0.39 is 11.9 Å². The van der Waals surface area contributed by atoms with Gasteiger partial charge in [0, 0.05) is 12.5 Å². The van der Waals surface area contributed by atoms with Crippen LogP contribution in [0.1, 0.15) is 47.9 Å². The fourth-order valence-corrected chi connectivity index (χ4v) is 2.41. The molecule has 1 aromatic heterocycles. The Morgan fingerprint density at radius 3 is 2.87 bits per heavy atom. The molecule has 0 N–H and O–H groups in total. The second-order valence-corrected chi connectivity index (χ2v) is 5.74. The topological polar surface area (TPSA) is 68.5 Å². The van der Waals surface area contributed by atoms with E-state index in [-0.39, 0.29) is 23.9 Å². The Morgan fingerprint density at radius 1 is 1.39 bits per heavy atom. The van der Waals surface area contributed by atoms with Crippen molar-refractivity contribution in [2.45, 2.75) is 25.9 Å². The van der Waals surface area contributed by atoms with Crippen molar-refractivity contribution in [2.75, 3.05) is 19.7 Å². The molecule has 1 aromatic carbocycles. The van der Waals surface area contributed by atoms with Crippen LogP contribution in [0, 0.1) is 5.82 Å². The lowest BCUT2D eigenvalue weighted by Gasteiger charge is -2.31. The molecule has 6 nitrogen and oxygen atoms in total. The van der Waals surface area contributed by atoms with E-state index in [1.165, 1.54) is 12.1 Å². The van der Waals surface area contributed by atoms with Gasteiger partial charge < -0.3 is 14.2 Å². The molecule has 7 heteroatoms. The number of morpholine rings is 1. The normalized spacial score (nSPS) is 18.4. The molecule has 0 radical (unpaired) electrons. The molecule has 0 aliphatic carbocycles. The maximum atomic E-state index is 13.8. The number of halogens is 1. The van der Waals surface area contributed by atoms with E-state index in [2.05, 4.69) is 10.1 Å². The number of benzene rings is 1. The molecule has 0 saturated carbocycles. The van der Waals surface area contributed by atoms with E-state index in [0.717, 1.165) is 0 Å². The first-order valence-electron chi connectivity index (χ1n) is 7.55. The summed E-state index contributed by atoms with van der Waals surface area (Å²) in [5.74, 6) is 0.183. The van der Waals surface area contributed by atoms with Crippen LogP contribution in [0.3, 0.4) is 0 Å². The fraction of sp³-hybridized carbons (Fsp3) is 0.438. The van der Waals surface area contributed by atoms with Crippen LogP contribution < -0.4 is 0 Å². The predicted molar refractivity (Wildman–Crippen MR) is 79.4 cm³/mol. The molecule has 2 heterocycles. The number of carbonyl (C=O) groups excluding carboxylic acids is 1. The molecule has 23 heavy (non-hydrogen) atoms. The third-order valence-corrected chi connectivity index (χ3v) is 3.70. The summed E-state index contributed by atoms with van der Waals surface area (Å²) < 4.78 is 24.6. The van der Waals surface area contributed by atoms with Gasteiger partial charge in [-0.2, -0.15) is 4.98 Å². The van der Waals surface area contributed by atoms with Gasteiger partial charge in [-0.25, -0.2) is 4.39 Å². The van der Waals surface area contributed by atoms with E-state index in [1.54, 1.807) is 17.0 Å². The molecule has 1 aliphatic heterocycles. The molecule has 1 fully saturated rings. The summed E-state index contributed by atoms with van der Waals surface area (Å²) in [7, 11) is 0. The Kier molecular flexibility index (Phi) is 4.38. The molecular formula is C16H18FN3O3. The lowest BCUT2D eigenvalue weighted by Crippen LogP contribution is -2.42. The number of hydrogen-bond donors (Lipinski definition) is 0.